The molecule has 1 N–H and O–H groups in total. The third-order valence-corrected chi connectivity index (χ3v) is 3.20. The molecule has 4 nitrogen and oxygen atoms in total. The highest BCUT2D eigenvalue weighted by molar-refractivity contribution is 5.81. The van der Waals surface area contributed by atoms with E-state index in [-0.39, 0.29) is 11.7 Å². The first kappa shape index (κ1) is 13.8. The number of aliphatic hydroxyl groups excluding tert-OH is 1. The third-order valence-electron chi connectivity index (χ3n) is 3.20. The predicted molar refractivity (Wildman–Crippen MR) is 68.3 cm³/mol. The number of likely N-dealkylation sites (tertiary alicyclic amines) is 1. The van der Waals surface area contributed by atoms with Gasteiger partial charge in [-0.3, -0.25) is 4.79 Å². The number of ether oxygens (including phenoxy) is 1. The molecule has 0 aromatic heterocycles. The molecule has 1 aliphatic rings. The highest BCUT2D eigenvalue weighted by Gasteiger charge is 2.27. The molecule has 1 aliphatic heterocycles. The topological polar surface area (TPSA) is 49.8 Å². The second kappa shape index (κ2) is 6.02. The van der Waals surface area contributed by atoms with E-state index in [0.717, 1.165) is 6.42 Å². The van der Waals surface area contributed by atoms with Gasteiger partial charge in [-0.05, 0) is 31.9 Å². The number of rotatable bonds is 3. The molecule has 1 amide bonds. The second-order valence-electron chi connectivity index (χ2n) is 4.77. The van der Waals surface area contributed by atoms with Crippen molar-refractivity contribution in [2.75, 3.05) is 13.1 Å². The minimum Gasteiger partial charge on any atom is -0.478 e. The van der Waals surface area contributed by atoms with Gasteiger partial charge >= 0.3 is 0 Å². The zero-order valence-corrected chi connectivity index (χ0v) is 10.9. The molecule has 0 unspecified atom stereocenters. The van der Waals surface area contributed by atoms with Crippen LogP contribution in [0.5, 0.6) is 5.75 Å². The SMILES string of the molecule is C[C@H](Oc1ccccc1F)C(=O)N1CCC[C@H](O)C1. The van der Waals surface area contributed by atoms with Gasteiger partial charge in [0.2, 0.25) is 0 Å². The van der Waals surface area contributed by atoms with Crippen LogP contribution in [0.25, 0.3) is 0 Å². The number of piperidine rings is 1. The van der Waals surface area contributed by atoms with Gasteiger partial charge in [0.25, 0.3) is 5.91 Å². The molecule has 104 valence electrons. The van der Waals surface area contributed by atoms with Crippen molar-refractivity contribution in [1.82, 2.24) is 4.90 Å². The van der Waals surface area contributed by atoms with Gasteiger partial charge in [0.15, 0.2) is 17.7 Å². The number of amides is 1. The summed E-state index contributed by atoms with van der Waals surface area (Å²) < 4.78 is 18.8. The molecular formula is C14H18FNO3. The lowest BCUT2D eigenvalue weighted by Gasteiger charge is -2.32. The summed E-state index contributed by atoms with van der Waals surface area (Å²) in [6, 6.07) is 6.00. The molecule has 1 aromatic carbocycles. The van der Waals surface area contributed by atoms with E-state index in [1.807, 2.05) is 0 Å². The number of aliphatic hydroxyl groups is 1. The summed E-state index contributed by atoms with van der Waals surface area (Å²) in [5, 5.41) is 9.55. The van der Waals surface area contributed by atoms with Gasteiger partial charge in [0.1, 0.15) is 0 Å². The van der Waals surface area contributed by atoms with E-state index in [9.17, 15) is 14.3 Å². The summed E-state index contributed by atoms with van der Waals surface area (Å²) in [5.74, 6) is -0.635. The first-order valence-electron chi connectivity index (χ1n) is 6.46. The van der Waals surface area contributed by atoms with Crippen molar-refractivity contribution in [2.24, 2.45) is 0 Å². The Morgan fingerprint density at radius 1 is 1.53 bits per heavy atom. The Hall–Kier alpha value is -1.62. The first-order valence-corrected chi connectivity index (χ1v) is 6.46. The van der Waals surface area contributed by atoms with Crippen LogP contribution >= 0.6 is 0 Å². The van der Waals surface area contributed by atoms with E-state index >= 15 is 0 Å². The Morgan fingerprint density at radius 3 is 2.95 bits per heavy atom. The quantitative estimate of drug-likeness (QED) is 0.904. The molecular weight excluding hydrogens is 249 g/mol. The van der Waals surface area contributed by atoms with Crippen LogP contribution in [0, 0.1) is 5.82 Å². The van der Waals surface area contributed by atoms with E-state index in [1.54, 1.807) is 24.0 Å². The number of halogens is 1. The average Bonchev–Trinajstić information content (AvgIpc) is 2.40. The molecule has 2 rings (SSSR count). The summed E-state index contributed by atoms with van der Waals surface area (Å²) in [5.41, 5.74) is 0. The summed E-state index contributed by atoms with van der Waals surface area (Å²) in [4.78, 5) is 13.7. The summed E-state index contributed by atoms with van der Waals surface area (Å²) >= 11 is 0. The van der Waals surface area contributed by atoms with Crippen LogP contribution in [0.1, 0.15) is 19.8 Å². The molecule has 1 heterocycles. The van der Waals surface area contributed by atoms with Gasteiger partial charge in [0, 0.05) is 13.1 Å². The van der Waals surface area contributed by atoms with E-state index < -0.39 is 18.0 Å². The maximum Gasteiger partial charge on any atom is 0.263 e. The summed E-state index contributed by atoms with van der Waals surface area (Å²) in [7, 11) is 0. The van der Waals surface area contributed by atoms with Crippen molar-refractivity contribution in [3.63, 3.8) is 0 Å². The normalized spacial score (nSPS) is 21.0. The van der Waals surface area contributed by atoms with Crippen LogP contribution < -0.4 is 4.74 Å². The fraction of sp³-hybridized carbons (Fsp3) is 0.500. The van der Waals surface area contributed by atoms with E-state index in [0.29, 0.717) is 19.5 Å². The summed E-state index contributed by atoms with van der Waals surface area (Å²) in [6.07, 6.45) is 0.256. The van der Waals surface area contributed by atoms with Gasteiger partial charge in [0.05, 0.1) is 6.10 Å². The fourth-order valence-corrected chi connectivity index (χ4v) is 2.19. The molecule has 1 fully saturated rings. The number of hydrogen-bond acceptors (Lipinski definition) is 3. The van der Waals surface area contributed by atoms with Gasteiger partial charge in [-0.25, -0.2) is 4.39 Å². The predicted octanol–water partition coefficient (Wildman–Crippen LogP) is 1.58. The van der Waals surface area contributed by atoms with Gasteiger partial charge in [-0.15, -0.1) is 0 Å². The lowest BCUT2D eigenvalue weighted by atomic mass is 10.1. The molecule has 5 heteroatoms. The van der Waals surface area contributed by atoms with Crippen LogP contribution in [-0.4, -0.2) is 41.2 Å². The maximum atomic E-state index is 13.4. The number of benzene rings is 1. The Labute approximate surface area is 111 Å². The monoisotopic (exact) mass is 267 g/mol. The van der Waals surface area contributed by atoms with Crippen LogP contribution in [0.15, 0.2) is 24.3 Å². The highest BCUT2D eigenvalue weighted by Crippen LogP contribution is 2.18. The fourth-order valence-electron chi connectivity index (χ4n) is 2.19. The minimum absolute atomic E-state index is 0.0703. The Balaban J connectivity index is 1.97. The largest absolute Gasteiger partial charge is 0.478 e. The van der Waals surface area contributed by atoms with Crippen molar-refractivity contribution >= 4 is 5.91 Å². The molecule has 1 aromatic rings. The molecule has 0 radical (unpaired) electrons. The minimum atomic E-state index is -0.762. The number of nitrogens with zero attached hydrogens (tertiary/aromatic N) is 1. The lowest BCUT2D eigenvalue weighted by molar-refractivity contribution is -0.141. The standard InChI is InChI=1S/C14H18FNO3/c1-10(19-13-7-3-2-6-12(13)15)14(18)16-8-4-5-11(17)9-16/h2-3,6-7,10-11,17H,4-5,8-9H2,1H3/t10-,11-/m0/s1. The van der Waals surface area contributed by atoms with Crippen molar-refractivity contribution in [3.8, 4) is 5.75 Å². The highest BCUT2D eigenvalue weighted by atomic mass is 19.1. The second-order valence-corrected chi connectivity index (χ2v) is 4.77. The number of β-amino-alcohol motifs (C(OH)–C–C–N with tert-alkyl or cyclic N) is 1. The third kappa shape index (κ3) is 3.44. The molecule has 2 atom stereocenters. The van der Waals surface area contributed by atoms with Crippen LogP contribution in [-0.2, 0) is 4.79 Å². The van der Waals surface area contributed by atoms with E-state index in [1.165, 1.54) is 12.1 Å². The zero-order chi connectivity index (χ0) is 13.8. The summed E-state index contributed by atoms with van der Waals surface area (Å²) in [6.45, 7) is 2.53. The van der Waals surface area contributed by atoms with Gasteiger partial charge in [-0.2, -0.15) is 0 Å². The van der Waals surface area contributed by atoms with Crippen molar-refractivity contribution in [2.45, 2.75) is 32.0 Å². The zero-order valence-electron chi connectivity index (χ0n) is 10.9. The van der Waals surface area contributed by atoms with Crippen LogP contribution in [0.4, 0.5) is 4.39 Å². The first-order chi connectivity index (χ1) is 9.08. The number of carbonyl (C=O) groups is 1. The van der Waals surface area contributed by atoms with Crippen molar-refractivity contribution in [1.29, 1.82) is 0 Å². The van der Waals surface area contributed by atoms with E-state index in [2.05, 4.69) is 0 Å². The molecule has 0 spiro atoms. The number of carbonyl (C=O) groups excluding carboxylic acids is 1. The number of para-hydroxylation sites is 1. The Bertz CT molecular complexity index is 452. The molecule has 1 saturated heterocycles. The average molecular weight is 267 g/mol. The Morgan fingerprint density at radius 2 is 2.26 bits per heavy atom. The van der Waals surface area contributed by atoms with Crippen LogP contribution in [0.3, 0.4) is 0 Å². The number of hydrogen-bond donors (Lipinski definition) is 1. The van der Waals surface area contributed by atoms with Crippen molar-refractivity contribution < 1.29 is 19.0 Å². The smallest absolute Gasteiger partial charge is 0.263 e. The van der Waals surface area contributed by atoms with Crippen LogP contribution in [0.2, 0.25) is 0 Å². The molecule has 0 saturated carbocycles. The Kier molecular flexibility index (Phi) is 4.37. The van der Waals surface area contributed by atoms with Gasteiger partial charge < -0.3 is 14.7 Å². The van der Waals surface area contributed by atoms with Crippen molar-refractivity contribution in [3.05, 3.63) is 30.1 Å². The lowest BCUT2D eigenvalue weighted by Crippen LogP contribution is -2.47. The molecule has 0 aliphatic carbocycles. The maximum absolute atomic E-state index is 13.4. The molecule has 19 heavy (non-hydrogen) atoms. The molecule has 0 bridgehead atoms. The van der Waals surface area contributed by atoms with E-state index in [4.69, 9.17) is 4.74 Å². The van der Waals surface area contributed by atoms with Gasteiger partial charge in [-0.1, -0.05) is 12.1 Å².